The highest BCUT2D eigenvalue weighted by molar-refractivity contribution is 5.68. The van der Waals surface area contributed by atoms with Crippen molar-refractivity contribution in [3.8, 4) is 22.7 Å². The number of fused-ring (bicyclic) bond motifs is 2. The first-order chi connectivity index (χ1) is 13.7. The molecule has 2 aromatic heterocycles. The maximum absolute atomic E-state index is 10.5. The van der Waals surface area contributed by atoms with Gasteiger partial charge in [0.25, 0.3) is 0 Å². The van der Waals surface area contributed by atoms with Crippen molar-refractivity contribution < 1.29 is 5.11 Å². The average Bonchev–Trinajstić information content (AvgIpc) is 3.37. The maximum Gasteiger partial charge on any atom is 0.151 e. The summed E-state index contributed by atoms with van der Waals surface area (Å²) in [6.45, 7) is 0. The van der Waals surface area contributed by atoms with Crippen molar-refractivity contribution in [1.29, 1.82) is 0 Å². The predicted molar refractivity (Wildman–Crippen MR) is 106 cm³/mol. The Kier molecular flexibility index (Phi) is 4.22. The van der Waals surface area contributed by atoms with Gasteiger partial charge in [0.2, 0.25) is 0 Å². The van der Waals surface area contributed by atoms with Crippen molar-refractivity contribution in [3.63, 3.8) is 0 Å². The Morgan fingerprint density at radius 1 is 1.04 bits per heavy atom. The van der Waals surface area contributed by atoms with Gasteiger partial charge in [0.1, 0.15) is 18.4 Å². The third-order valence-electron chi connectivity index (χ3n) is 6.36. The number of rotatable bonds is 4. The number of nitrogens with zero attached hydrogens (tertiary/aromatic N) is 6. The number of hydrogen-bond donors (Lipinski definition) is 1. The van der Waals surface area contributed by atoms with Crippen molar-refractivity contribution in [2.45, 2.75) is 38.1 Å². The molecule has 0 aliphatic heterocycles. The summed E-state index contributed by atoms with van der Waals surface area (Å²) in [5.41, 5.74) is 2.06. The van der Waals surface area contributed by atoms with Crippen LogP contribution in [0.4, 0.5) is 5.82 Å². The number of aromatic hydroxyl groups is 1. The smallest absolute Gasteiger partial charge is 0.151 e. The fourth-order valence-electron chi connectivity index (χ4n) is 4.85. The fraction of sp³-hybridized carbons (Fsp3) is 0.429. The largest absolute Gasteiger partial charge is 0.507 e. The van der Waals surface area contributed by atoms with Crippen LogP contribution in [0, 0.1) is 11.8 Å². The van der Waals surface area contributed by atoms with Crippen LogP contribution in [0.3, 0.4) is 0 Å². The highest BCUT2D eigenvalue weighted by Crippen LogP contribution is 2.43. The predicted octanol–water partition coefficient (Wildman–Crippen LogP) is 3.44. The van der Waals surface area contributed by atoms with E-state index in [2.05, 4.69) is 32.2 Å². The van der Waals surface area contributed by atoms with E-state index in [1.807, 2.05) is 24.3 Å². The number of anilines is 1. The summed E-state index contributed by atoms with van der Waals surface area (Å²) in [6, 6.07) is 9.86. The van der Waals surface area contributed by atoms with Gasteiger partial charge in [-0.25, -0.2) is 9.67 Å². The standard InChI is InChI=1S/C21H24N6O/c1-26(17-9-14-2-3-15(8-14)10-17)21-7-6-19(24-25-21)18-5-4-16(11-20(18)28)27-13-22-12-23-27/h4-7,11-15,17,28H,2-3,8-10H2,1H3/t14-,15?,17?/m0/s1. The Hall–Kier alpha value is -2.96. The minimum Gasteiger partial charge on any atom is -0.507 e. The summed E-state index contributed by atoms with van der Waals surface area (Å²) < 4.78 is 1.60. The number of hydrogen-bond acceptors (Lipinski definition) is 6. The van der Waals surface area contributed by atoms with Gasteiger partial charge in [0, 0.05) is 24.7 Å². The van der Waals surface area contributed by atoms with E-state index in [-0.39, 0.29) is 5.75 Å². The molecule has 3 atom stereocenters. The van der Waals surface area contributed by atoms with Gasteiger partial charge < -0.3 is 10.0 Å². The molecule has 2 fully saturated rings. The van der Waals surface area contributed by atoms with Gasteiger partial charge in [-0.2, -0.15) is 5.10 Å². The van der Waals surface area contributed by atoms with Gasteiger partial charge in [-0.15, -0.1) is 10.2 Å². The highest BCUT2D eigenvalue weighted by Gasteiger charge is 2.36. The van der Waals surface area contributed by atoms with Crippen LogP contribution in [0.5, 0.6) is 5.75 Å². The normalized spacial score (nSPS) is 23.7. The summed E-state index contributed by atoms with van der Waals surface area (Å²) in [7, 11) is 2.13. The molecule has 2 saturated carbocycles. The highest BCUT2D eigenvalue weighted by atomic mass is 16.3. The second kappa shape index (κ2) is 6.89. The lowest BCUT2D eigenvalue weighted by molar-refractivity contribution is 0.312. The Morgan fingerprint density at radius 2 is 1.86 bits per heavy atom. The third kappa shape index (κ3) is 3.10. The lowest BCUT2D eigenvalue weighted by atomic mass is 9.85. The molecule has 5 rings (SSSR count). The number of aromatic nitrogens is 5. The number of phenols is 1. The van der Waals surface area contributed by atoms with Crippen LogP contribution >= 0.6 is 0 Å². The van der Waals surface area contributed by atoms with E-state index in [9.17, 15) is 5.11 Å². The Labute approximate surface area is 164 Å². The Bertz CT molecular complexity index is 944. The summed E-state index contributed by atoms with van der Waals surface area (Å²) in [5.74, 6) is 2.82. The van der Waals surface area contributed by atoms with Crippen molar-refractivity contribution in [3.05, 3.63) is 43.0 Å². The molecule has 2 aliphatic rings. The van der Waals surface area contributed by atoms with Gasteiger partial charge in [0.05, 0.1) is 11.4 Å². The minimum atomic E-state index is 0.146. The van der Waals surface area contributed by atoms with Gasteiger partial charge in [0.15, 0.2) is 5.82 Å². The third-order valence-corrected chi connectivity index (χ3v) is 6.36. The molecule has 144 valence electrons. The summed E-state index contributed by atoms with van der Waals surface area (Å²) >= 11 is 0. The molecular formula is C21H24N6O. The van der Waals surface area contributed by atoms with E-state index in [4.69, 9.17) is 0 Å². The molecule has 2 bridgehead atoms. The summed E-state index contributed by atoms with van der Waals surface area (Å²) in [6.07, 6.45) is 9.79. The lowest BCUT2D eigenvalue weighted by Gasteiger charge is -2.35. The maximum atomic E-state index is 10.5. The molecule has 2 aliphatic carbocycles. The van der Waals surface area contributed by atoms with Crippen LogP contribution in [0.1, 0.15) is 32.1 Å². The minimum absolute atomic E-state index is 0.146. The van der Waals surface area contributed by atoms with E-state index in [0.29, 0.717) is 17.3 Å². The molecular weight excluding hydrogens is 352 g/mol. The van der Waals surface area contributed by atoms with Crippen molar-refractivity contribution in [2.75, 3.05) is 11.9 Å². The molecule has 0 saturated heterocycles. The fourth-order valence-corrected chi connectivity index (χ4v) is 4.85. The van der Waals surface area contributed by atoms with Crippen molar-refractivity contribution in [1.82, 2.24) is 25.0 Å². The molecule has 1 N–H and O–H groups in total. The quantitative estimate of drug-likeness (QED) is 0.751. The molecule has 7 heteroatoms. The first-order valence-corrected chi connectivity index (χ1v) is 9.92. The van der Waals surface area contributed by atoms with Crippen LogP contribution in [0.15, 0.2) is 43.0 Å². The zero-order valence-corrected chi connectivity index (χ0v) is 15.9. The van der Waals surface area contributed by atoms with Crippen LogP contribution in [0.2, 0.25) is 0 Å². The molecule has 0 spiro atoms. The second-order valence-electron chi connectivity index (χ2n) is 8.10. The topological polar surface area (TPSA) is 80.0 Å². The first kappa shape index (κ1) is 17.2. The molecule has 2 heterocycles. The molecule has 3 aromatic rings. The van der Waals surface area contributed by atoms with Crippen LogP contribution in [-0.4, -0.2) is 43.2 Å². The number of benzene rings is 1. The molecule has 0 amide bonds. The molecule has 2 unspecified atom stereocenters. The van der Waals surface area contributed by atoms with Crippen molar-refractivity contribution in [2.24, 2.45) is 11.8 Å². The van der Waals surface area contributed by atoms with Gasteiger partial charge in [-0.3, -0.25) is 0 Å². The van der Waals surface area contributed by atoms with E-state index in [0.717, 1.165) is 23.3 Å². The molecule has 0 radical (unpaired) electrons. The average molecular weight is 376 g/mol. The molecule has 28 heavy (non-hydrogen) atoms. The number of phenolic OH excluding ortho intramolecular Hbond substituents is 1. The van der Waals surface area contributed by atoms with Gasteiger partial charge in [-0.1, -0.05) is 12.8 Å². The second-order valence-corrected chi connectivity index (χ2v) is 8.10. The van der Waals surface area contributed by atoms with Gasteiger partial charge in [-0.05, 0) is 55.4 Å². The van der Waals surface area contributed by atoms with E-state index in [1.54, 1.807) is 17.1 Å². The van der Waals surface area contributed by atoms with Crippen molar-refractivity contribution >= 4 is 5.82 Å². The SMILES string of the molecule is CN(c1ccc(-c2ccc(-n3cncn3)cc2O)nn1)C1CC2CC[C@@H](C2)C1. The van der Waals surface area contributed by atoms with Crippen LogP contribution < -0.4 is 4.90 Å². The van der Waals surface area contributed by atoms with E-state index < -0.39 is 0 Å². The molecule has 7 nitrogen and oxygen atoms in total. The van der Waals surface area contributed by atoms with Crippen LogP contribution in [-0.2, 0) is 0 Å². The monoisotopic (exact) mass is 376 g/mol. The van der Waals surface area contributed by atoms with E-state index in [1.165, 1.54) is 38.4 Å². The molecule has 1 aromatic carbocycles. The van der Waals surface area contributed by atoms with E-state index >= 15 is 0 Å². The Balaban J connectivity index is 1.35. The summed E-state index contributed by atoms with van der Waals surface area (Å²) in [4.78, 5) is 6.22. The van der Waals surface area contributed by atoms with Crippen LogP contribution in [0.25, 0.3) is 16.9 Å². The zero-order chi connectivity index (χ0) is 19.1. The summed E-state index contributed by atoms with van der Waals surface area (Å²) in [5, 5.41) is 23.4. The van der Waals surface area contributed by atoms with Gasteiger partial charge >= 0.3 is 0 Å². The first-order valence-electron chi connectivity index (χ1n) is 9.92. The lowest BCUT2D eigenvalue weighted by Crippen LogP contribution is -2.37. The zero-order valence-electron chi connectivity index (χ0n) is 15.9. The Morgan fingerprint density at radius 3 is 2.50 bits per heavy atom.